The van der Waals surface area contributed by atoms with Gasteiger partial charge in [0.2, 0.25) is 5.91 Å². The van der Waals surface area contributed by atoms with Gasteiger partial charge in [0, 0.05) is 23.7 Å². The van der Waals surface area contributed by atoms with E-state index in [1.165, 1.54) is 5.56 Å². The molecule has 0 aliphatic carbocycles. The van der Waals surface area contributed by atoms with Crippen LogP contribution in [0.25, 0.3) is 0 Å². The van der Waals surface area contributed by atoms with Gasteiger partial charge in [-0.2, -0.15) is 0 Å². The minimum absolute atomic E-state index is 0.0249. The zero-order valence-corrected chi connectivity index (χ0v) is 15.2. The molecule has 0 spiro atoms. The molecule has 0 aromatic heterocycles. The summed E-state index contributed by atoms with van der Waals surface area (Å²) in [7, 11) is 1.56. The zero-order chi connectivity index (χ0) is 18.3. The van der Waals surface area contributed by atoms with Crippen LogP contribution in [0.2, 0.25) is 5.02 Å². The normalized spacial score (nSPS) is 19.0. The molecule has 1 atom stereocenters. The Hall–Kier alpha value is -2.53. The molecule has 0 saturated carbocycles. The number of carbonyl (C=O) groups excluding carboxylic acids is 2. The van der Waals surface area contributed by atoms with E-state index in [4.69, 9.17) is 16.3 Å². The average molecular weight is 371 g/mol. The maximum absolute atomic E-state index is 12.9. The van der Waals surface area contributed by atoms with Gasteiger partial charge in [0.15, 0.2) is 0 Å². The summed E-state index contributed by atoms with van der Waals surface area (Å²) in [6.45, 7) is 1.25. The van der Waals surface area contributed by atoms with Crippen LogP contribution in [0.3, 0.4) is 0 Å². The topological polar surface area (TPSA) is 49.9 Å². The van der Waals surface area contributed by atoms with Crippen LogP contribution in [0, 0.1) is 0 Å². The van der Waals surface area contributed by atoms with Crippen molar-refractivity contribution >= 4 is 23.4 Å². The number of nitrogens with zero attached hydrogens (tertiary/aromatic N) is 2. The van der Waals surface area contributed by atoms with Crippen molar-refractivity contribution < 1.29 is 14.3 Å². The molecule has 0 radical (unpaired) electrons. The van der Waals surface area contributed by atoms with E-state index in [-0.39, 0.29) is 24.4 Å². The zero-order valence-electron chi connectivity index (χ0n) is 14.4. The van der Waals surface area contributed by atoms with Gasteiger partial charge in [-0.15, -0.1) is 0 Å². The highest BCUT2D eigenvalue weighted by Crippen LogP contribution is 2.35. The average Bonchev–Trinajstić information content (AvgIpc) is 2.67. The van der Waals surface area contributed by atoms with E-state index < -0.39 is 0 Å². The van der Waals surface area contributed by atoms with Crippen molar-refractivity contribution in [2.75, 3.05) is 26.7 Å². The lowest BCUT2D eigenvalue weighted by Crippen LogP contribution is -2.55. The maximum Gasteiger partial charge on any atom is 0.254 e. The van der Waals surface area contributed by atoms with Crippen molar-refractivity contribution in [2.24, 2.45) is 0 Å². The lowest BCUT2D eigenvalue weighted by atomic mass is 9.90. The number of methoxy groups -OCH3 is 1. The maximum atomic E-state index is 12.9. The lowest BCUT2D eigenvalue weighted by molar-refractivity contribution is -0.139. The van der Waals surface area contributed by atoms with Gasteiger partial charge in [-0.3, -0.25) is 9.59 Å². The Labute approximate surface area is 157 Å². The van der Waals surface area contributed by atoms with Crippen molar-refractivity contribution in [2.45, 2.75) is 12.5 Å². The molecule has 1 unspecified atom stereocenters. The summed E-state index contributed by atoms with van der Waals surface area (Å²) in [4.78, 5) is 29.1. The molecule has 2 amide bonds. The molecule has 26 heavy (non-hydrogen) atoms. The molecule has 134 valence electrons. The molecule has 2 aromatic rings. The first-order valence-electron chi connectivity index (χ1n) is 8.58. The van der Waals surface area contributed by atoms with Crippen molar-refractivity contribution in [1.82, 2.24) is 9.80 Å². The summed E-state index contributed by atoms with van der Waals surface area (Å²) in [5.41, 5.74) is 2.76. The fourth-order valence-electron chi connectivity index (χ4n) is 3.78. The first-order valence-corrected chi connectivity index (χ1v) is 8.96. The second-order valence-corrected chi connectivity index (χ2v) is 7.05. The molecule has 4 rings (SSSR count). The van der Waals surface area contributed by atoms with Gasteiger partial charge in [-0.1, -0.05) is 23.7 Å². The second kappa shape index (κ2) is 6.65. The Balaban J connectivity index is 1.64. The summed E-state index contributed by atoms with van der Waals surface area (Å²) >= 11 is 6.17. The fourth-order valence-corrected chi connectivity index (χ4v) is 3.97. The van der Waals surface area contributed by atoms with Crippen LogP contribution in [-0.4, -0.2) is 48.4 Å². The third-order valence-corrected chi connectivity index (χ3v) is 5.34. The van der Waals surface area contributed by atoms with Crippen LogP contribution in [0.1, 0.15) is 27.5 Å². The first kappa shape index (κ1) is 16.9. The van der Waals surface area contributed by atoms with Gasteiger partial charge in [-0.05, 0) is 47.9 Å². The van der Waals surface area contributed by atoms with E-state index >= 15 is 0 Å². The predicted octanol–water partition coefficient (Wildman–Crippen LogP) is 2.93. The Morgan fingerprint density at radius 2 is 2.08 bits per heavy atom. The van der Waals surface area contributed by atoms with Gasteiger partial charge >= 0.3 is 0 Å². The monoisotopic (exact) mass is 370 g/mol. The Kier molecular flexibility index (Phi) is 4.32. The standard InChI is InChI=1S/C20H19ClN2O3/c1-26-16-4-2-3-14(9-16)20(25)22-11-18-17-10-15(21)6-5-13(17)7-8-23(18)19(24)12-22/h2-6,9-10,18H,7-8,11-12H2,1H3. The van der Waals surface area contributed by atoms with Gasteiger partial charge in [0.25, 0.3) is 5.91 Å². The lowest BCUT2D eigenvalue weighted by Gasteiger charge is -2.44. The highest BCUT2D eigenvalue weighted by Gasteiger charge is 2.38. The van der Waals surface area contributed by atoms with Gasteiger partial charge in [-0.25, -0.2) is 0 Å². The summed E-state index contributed by atoms with van der Waals surface area (Å²) in [5, 5.41) is 0.647. The van der Waals surface area contributed by atoms with Gasteiger partial charge in [0.1, 0.15) is 12.3 Å². The van der Waals surface area contributed by atoms with E-state index in [2.05, 4.69) is 0 Å². The Bertz CT molecular complexity index is 883. The third kappa shape index (κ3) is 2.92. The summed E-state index contributed by atoms with van der Waals surface area (Å²) in [6.07, 6.45) is 0.818. The third-order valence-electron chi connectivity index (χ3n) is 5.11. The van der Waals surface area contributed by atoms with Crippen molar-refractivity contribution in [1.29, 1.82) is 0 Å². The second-order valence-electron chi connectivity index (χ2n) is 6.61. The number of amides is 2. The minimum atomic E-state index is -0.161. The van der Waals surface area contributed by atoms with E-state index in [1.54, 1.807) is 36.3 Å². The van der Waals surface area contributed by atoms with Crippen LogP contribution < -0.4 is 4.74 Å². The van der Waals surface area contributed by atoms with E-state index in [9.17, 15) is 9.59 Å². The number of fused-ring (bicyclic) bond motifs is 3. The Morgan fingerprint density at radius 1 is 1.23 bits per heavy atom. The molecule has 2 heterocycles. The molecule has 0 N–H and O–H groups in total. The number of piperazine rings is 1. The smallest absolute Gasteiger partial charge is 0.254 e. The van der Waals surface area contributed by atoms with Crippen molar-refractivity contribution in [3.05, 3.63) is 64.2 Å². The summed E-state index contributed by atoms with van der Waals surface area (Å²) < 4.78 is 5.20. The molecule has 1 saturated heterocycles. The molecule has 5 nitrogen and oxygen atoms in total. The number of ether oxygens (including phenoxy) is 1. The van der Waals surface area contributed by atoms with Crippen molar-refractivity contribution in [3.63, 3.8) is 0 Å². The molecule has 0 bridgehead atoms. The van der Waals surface area contributed by atoms with Gasteiger partial charge in [0.05, 0.1) is 13.2 Å². The fraction of sp³-hybridized carbons (Fsp3) is 0.300. The molecular formula is C20H19ClN2O3. The molecule has 2 aliphatic rings. The number of hydrogen-bond acceptors (Lipinski definition) is 3. The number of halogens is 1. The number of hydrogen-bond donors (Lipinski definition) is 0. The predicted molar refractivity (Wildman–Crippen MR) is 98.5 cm³/mol. The largest absolute Gasteiger partial charge is 0.497 e. The van der Waals surface area contributed by atoms with E-state index in [1.807, 2.05) is 23.1 Å². The van der Waals surface area contributed by atoms with E-state index in [0.717, 1.165) is 12.0 Å². The van der Waals surface area contributed by atoms with Crippen LogP contribution >= 0.6 is 11.6 Å². The number of carbonyl (C=O) groups is 2. The number of rotatable bonds is 2. The molecular weight excluding hydrogens is 352 g/mol. The summed E-state index contributed by atoms with van der Waals surface area (Å²) in [6, 6.07) is 12.7. The SMILES string of the molecule is COc1cccc(C(=O)N2CC(=O)N3CCc4ccc(Cl)cc4C3C2)c1. The van der Waals surface area contributed by atoms with Crippen molar-refractivity contribution in [3.8, 4) is 5.75 Å². The molecule has 1 fully saturated rings. The van der Waals surface area contributed by atoms with E-state index in [0.29, 0.717) is 29.4 Å². The Morgan fingerprint density at radius 3 is 2.88 bits per heavy atom. The highest BCUT2D eigenvalue weighted by atomic mass is 35.5. The minimum Gasteiger partial charge on any atom is -0.497 e. The van der Waals surface area contributed by atoms with Gasteiger partial charge < -0.3 is 14.5 Å². The molecule has 2 aliphatic heterocycles. The highest BCUT2D eigenvalue weighted by molar-refractivity contribution is 6.30. The molecule has 2 aromatic carbocycles. The van der Waals surface area contributed by atoms with Crippen LogP contribution in [0.15, 0.2) is 42.5 Å². The molecule has 6 heteroatoms. The van der Waals surface area contributed by atoms with Crippen LogP contribution in [0.4, 0.5) is 0 Å². The first-order chi connectivity index (χ1) is 12.6. The number of benzene rings is 2. The van der Waals surface area contributed by atoms with Crippen LogP contribution in [-0.2, 0) is 11.2 Å². The quantitative estimate of drug-likeness (QED) is 0.816. The van der Waals surface area contributed by atoms with Crippen LogP contribution in [0.5, 0.6) is 5.75 Å². The summed E-state index contributed by atoms with van der Waals surface area (Å²) in [5.74, 6) is 0.435.